The minimum absolute atomic E-state index is 0.139. The molecule has 0 atom stereocenters. The third-order valence-corrected chi connectivity index (χ3v) is 22.3. The second kappa shape index (κ2) is 58.9. The van der Waals surface area contributed by atoms with Gasteiger partial charge in [0.2, 0.25) is 0 Å². The number of carbonyl (C=O) groups is 4. The lowest BCUT2D eigenvalue weighted by Crippen LogP contribution is -2.45. The predicted octanol–water partition coefficient (Wildman–Crippen LogP) is 18.5. The first-order valence-electron chi connectivity index (χ1n) is 41.6. The number of aromatic hydroxyl groups is 3. The van der Waals surface area contributed by atoms with E-state index in [1.165, 1.54) is 74.2 Å². The molecule has 662 valence electrons. The van der Waals surface area contributed by atoms with Gasteiger partial charge >= 0.3 is 23.9 Å². The van der Waals surface area contributed by atoms with Crippen LogP contribution in [0.1, 0.15) is 179 Å². The summed E-state index contributed by atoms with van der Waals surface area (Å²) in [4.78, 5) is 47.1. The third kappa shape index (κ3) is 39.8. The number of benzene rings is 6. The summed E-state index contributed by atoms with van der Waals surface area (Å²) in [6, 6.07) is 38.1. The van der Waals surface area contributed by atoms with Gasteiger partial charge in [-0.15, -0.1) is 0 Å². The Kier molecular flexibility index (Phi) is 50.8. The number of halogens is 3. The van der Waals surface area contributed by atoms with Gasteiger partial charge in [0.1, 0.15) is 46.0 Å². The summed E-state index contributed by atoms with van der Waals surface area (Å²) in [5.41, 5.74) is 2.69. The number of hydrogen-bond acceptors (Lipinski definition) is 23. The second-order valence-electron chi connectivity index (χ2n) is 30.2. The fraction of sp³-hybridized carbons (Fsp3) is 0.565. The van der Waals surface area contributed by atoms with Gasteiger partial charge in [0, 0.05) is 69.5 Å². The van der Waals surface area contributed by atoms with Gasteiger partial charge in [-0.2, -0.15) is 0 Å². The van der Waals surface area contributed by atoms with Crippen molar-refractivity contribution >= 4 is 71.7 Å². The number of aliphatic hydroxyl groups excluding tert-OH is 1. The van der Waals surface area contributed by atoms with Crippen LogP contribution in [-0.4, -0.2) is 217 Å². The third-order valence-electron chi connectivity index (χ3n) is 20.6. The zero-order valence-corrected chi connectivity index (χ0v) is 75.2. The summed E-state index contributed by atoms with van der Waals surface area (Å²) in [6.07, 6.45) is 15.8. The van der Waals surface area contributed by atoms with E-state index >= 15 is 0 Å². The summed E-state index contributed by atoms with van der Waals surface area (Å²) >= 11 is 10.1. The Morgan fingerprint density at radius 3 is 0.790 bits per heavy atom. The van der Waals surface area contributed by atoms with Gasteiger partial charge in [-0.3, -0.25) is 0 Å². The Bertz CT molecular complexity index is 3490. The molecule has 0 aromatic heterocycles. The van der Waals surface area contributed by atoms with E-state index in [9.17, 15) is 19.2 Å². The number of carboxylic acids is 1. The van der Waals surface area contributed by atoms with Gasteiger partial charge in [0.15, 0.2) is 0 Å². The number of hydrogen-bond donors (Lipinski definition) is 5. The topological polar surface area (TPSA) is 308 Å². The lowest BCUT2D eigenvalue weighted by molar-refractivity contribution is -0.150. The van der Waals surface area contributed by atoms with Crippen molar-refractivity contribution < 1.29 is 116 Å². The quantitative estimate of drug-likeness (QED) is 0.00779. The first-order chi connectivity index (χ1) is 57.7. The second-order valence-corrected chi connectivity index (χ2v) is 32.5. The molecule has 6 aromatic rings. The van der Waals surface area contributed by atoms with Crippen molar-refractivity contribution in [1.82, 2.24) is 0 Å². The zero-order chi connectivity index (χ0) is 86.3. The van der Waals surface area contributed by atoms with Crippen LogP contribution in [0.25, 0.3) is 0 Å². The monoisotopic (exact) mass is 1850 g/mol. The normalized spacial score (nSPS) is 15.4. The standard InChI is InChI=1S/C40H50O10.C17H24O5.C10H19BrO2.C9H10O3.C6H12O2.C6H6O2.C4H8Br2/c1-3-39(27-45-28-39)25-43-21-5-7-23-47-33-13-9-31(10-14-33)37(41)49-35-17-19-36(20-18-35)50-38(42)32-11-15-34(16-12-32)48-24-8-6-22-44-26-40(4-2)29-46-30-40;1-2-17(12-21-13-17)11-20-9-3-4-10-22-15-7-5-14(6-8-15)16(18)19;1-2-10(8-13-9-10)7-12-6-4-3-5-11;1-2-12-9(11)7-3-5-8(10)6-4-7;1-2-6(3-7)4-8-5-6;7-5-1-2-6(8)4-3-5;5-3-1-2-4-6/h9-20H,3-8,21-30H2,1-2H3;5-8H,2-4,9-13H2,1H3,(H,18,19);2-9H2,1H3;3-6,10H,2H2,1H3;7H,2-5H2,1H3;1-4,7-8H;1-4H2. The number of phenols is 3. The van der Waals surface area contributed by atoms with Gasteiger partial charge in [-0.05, 0) is 249 Å². The lowest BCUT2D eigenvalue weighted by atomic mass is 9.84. The molecule has 0 amide bonds. The first-order valence-corrected chi connectivity index (χ1v) is 44.9. The fourth-order valence-electron chi connectivity index (χ4n) is 11.3. The van der Waals surface area contributed by atoms with E-state index in [-0.39, 0.29) is 57.0 Å². The average molecular weight is 1860 g/mol. The van der Waals surface area contributed by atoms with Crippen LogP contribution in [0.5, 0.6) is 46.0 Å². The number of ether oxygens (including phenoxy) is 15. The summed E-state index contributed by atoms with van der Waals surface area (Å²) in [5, 5.41) is 47.1. The molecule has 5 aliphatic heterocycles. The maximum atomic E-state index is 12.7. The molecule has 0 spiro atoms. The Balaban J connectivity index is 0.000000296. The highest BCUT2D eigenvalue weighted by Gasteiger charge is 2.40. The number of aromatic carboxylic acids is 1. The molecule has 11 rings (SSSR count). The molecule has 119 heavy (non-hydrogen) atoms. The summed E-state index contributed by atoms with van der Waals surface area (Å²) < 4.78 is 82.1. The number of carbonyl (C=O) groups excluding carboxylic acids is 3. The highest BCUT2D eigenvalue weighted by Crippen LogP contribution is 2.35. The van der Waals surface area contributed by atoms with E-state index < -0.39 is 17.9 Å². The zero-order valence-electron chi connectivity index (χ0n) is 70.5. The smallest absolute Gasteiger partial charge is 0.343 e. The highest BCUT2D eigenvalue weighted by atomic mass is 79.9. The Hall–Kier alpha value is -6.96. The molecular formula is C92H129Br3O24. The van der Waals surface area contributed by atoms with Gasteiger partial charge in [0.05, 0.1) is 148 Å². The molecule has 0 aliphatic carbocycles. The predicted molar refractivity (Wildman–Crippen MR) is 469 cm³/mol. The minimum Gasteiger partial charge on any atom is -0.508 e. The molecule has 0 radical (unpaired) electrons. The van der Waals surface area contributed by atoms with Crippen molar-refractivity contribution in [1.29, 1.82) is 0 Å². The van der Waals surface area contributed by atoms with Crippen molar-refractivity contribution in [3.63, 3.8) is 0 Å². The molecule has 5 N–H and O–H groups in total. The largest absolute Gasteiger partial charge is 0.508 e. The molecule has 5 saturated heterocycles. The summed E-state index contributed by atoms with van der Waals surface area (Å²) in [7, 11) is 0. The number of aliphatic hydroxyl groups is 1. The number of unbranched alkanes of at least 4 members (excludes halogenated alkanes) is 5. The Labute approximate surface area is 729 Å². The molecule has 24 nitrogen and oxygen atoms in total. The number of phenolic OH excluding ortho intramolecular Hbond substituents is 3. The van der Waals surface area contributed by atoms with Gasteiger partial charge < -0.3 is 96.6 Å². The number of rotatable bonds is 46. The van der Waals surface area contributed by atoms with Crippen molar-refractivity contribution in [3.05, 3.63) is 168 Å². The van der Waals surface area contributed by atoms with Crippen LogP contribution in [0.4, 0.5) is 0 Å². The van der Waals surface area contributed by atoms with E-state index in [4.69, 9.17) is 96.6 Å². The van der Waals surface area contributed by atoms with Gasteiger partial charge in [-0.25, -0.2) is 19.2 Å². The molecule has 27 heteroatoms. The van der Waals surface area contributed by atoms with Crippen molar-refractivity contribution in [3.8, 4) is 46.0 Å². The molecule has 0 saturated carbocycles. The van der Waals surface area contributed by atoms with E-state index in [0.717, 1.165) is 192 Å². The van der Waals surface area contributed by atoms with Crippen LogP contribution >= 0.6 is 47.8 Å². The SMILES string of the molecule is BrCCCCBr.CCC1(CO)COC1.CCC1(COCCCCBr)COC1.CCC1(COCCCCOc2ccc(C(=O)O)cc2)COC1.CCC1(COCCCCOc2ccc(C(=O)Oc3ccc(OC(=O)c4ccc(OCCCCOCC5(CC)COC5)cc4)cc3)cc2)COC1.CCOC(=O)c1ccc(O)cc1.Oc1ccc(O)cc1. The van der Waals surface area contributed by atoms with Crippen LogP contribution in [0, 0.1) is 27.1 Å². The summed E-state index contributed by atoms with van der Waals surface area (Å²) in [5.74, 6) is 0.921. The van der Waals surface area contributed by atoms with Gasteiger partial charge in [0.25, 0.3) is 0 Å². The first kappa shape index (κ1) is 103. The summed E-state index contributed by atoms with van der Waals surface area (Å²) in [6.45, 7) is 29.3. The fourth-order valence-corrected chi connectivity index (χ4v) is 12.5. The molecule has 0 bridgehead atoms. The Morgan fingerprint density at radius 2 is 0.555 bits per heavy atom. The van der Waals surface area contributed by atoms with E-state index in [0.29, 0.717) is 90.5 Å². The Morgan fingerprint density at radius 1 is 0.319 bits per heavy atom. The van der Waals surface area contributed by atoms with Crippen molar-refractivity contribution in [2.75, 3.05) is 168 Å². The van der Waals surface area contributed by atoms with E-state index in [1.54, 1.807) is 104 Å². The molecule has 0 unspecified atom stereocenters. The van der Waals surface area contributed by atoms with Crippen LogP contribution in [-0.2, 0) is 47.4 Å². The highest BCUT2D eigenvalue weighted by molar-refractivity contribution is 9.09. The van der Waals surface area contributed by atoms with Crippen LogP contribution in [0.15, 0.2) is 146 Å². The van der Waals surface area contributed by atoms with Crippen molar-refractivity contribution in [2.24, 2.45) is 27.1 Å². The molecular weight excluding hydrogens is 1730 g/mol. The average Bonchev–Trinajstić information content (AvgIpc) is 0.843. The van der Waals surface area contributed by atoms with Crippen LogP contribution in [0.3, 0.4) is 0 Å². The number of esters is 3. The molecule has 5 fully saturated rings. The molecule has 6 aromatic carbocycles. The van der Waals surface area contributed by atoms with Crippen molar-refractivity contribution in [2.45, 2.75) is 138 Å². The van der Waals surface area contributed by atoms with Crippen LogP contribution in [0.2, 0.25) is 0 Å². The van der Waals surface area contributed by atoms with Crippen LogP contribution < -0.4 is 23.7 Å². The lowest BCUT2D eigenvalue weighted by Gasteiger charge is -2.40. The number of alkyl halides is 3. The van der Waals surface area contributed by atoms with E-state index in [2.05, 4.69) is 82.4 Å². The van der Waals surface area contributed by atoms with Gasteiger partial charge in [-0.1, -0.05) is 82.4 Å². The molecule has 5 aliphatic rings. The maximum Gasteiger partial charge on any atom is 0.343 e. The molecule has 5 heterocycles. The minimum atomic E-state index is -0.926. The van der Waals surface area contributed by atoms with E-state index in [1.807, 2.05) is 0 Å². The maximum absolute atomic E-state index is 12.7. The number of carboxylic acid groups (broad SMARTS) is 1.